The highest BCUT2D eigenvalue weighted by atomic mass is 35.5. The molecule has 4 N–H and O–H groups in total. The van der Waals surface area contributed by atoms with Gasteiger partial charge in [-0.3, -0.25) is 0 Å². The van der Waals surface area contributed by atoms with Gasteiger partial charge in [-0.05, 0) is 45.6 Å². The fourth-order valence-electron chi connectivity index (χ4n) is 3.22. The highest BCUT2D eigenvalue weighted by molar-refractivity contribution is 7.70. The van der Waals surface area contributed by atoms with Crippen LogP contribution in [0.3, 0.4) is 0 Å². The van der Waals surface area contributed by atoms with Gasteiger partial charge in [-0.1, -0.05) is 35.6 Å². The van der Waals surface area contributed by atoms with E-state index in [0.717, 1.165) is 13.0 Å². The monoisotopic (exact) mass is 512 g/mol. The lowest BCUT2D eigenvalue weighted by molar-refractivity contribution is 0.416. The van der Waals surface area contributed by atoms with E-state index in [2.05, 4.69) is 37.3 Å². The van der Waals surface area contributed by atoms with Crippen molar-refractivity contribution in [2.45, 2.75) is 6.42 Å². The number of hydrogen-bond donors (Lipinski definition) is 3. The predicted molar refractivity (Wildman–Crippen MR) is 147 cm³/mol. The van der Waals surface area contributed by atoms with Gasteiger partial charge in [-0.25, -0.2) is 4.98 Å². The number of hydrogen-bond acceptors (Lipinski definition) is 8. The van der Waals surface area contributed by atoms with E-state index in [1.165, 1.54) is 6.20 Å². The molecule has 3 aromatic rings. The predicted octanol–water partition coefficient (Wildman–Crippen LogP) is 4.76. The molecule has 0 fully saturated rings. The third-order valence-corrected chi connectivity index (χ3v) is 6.83. The van der Waals surface area contributed by atoms with Crippen LogP contribution in [0, 0.1) is 11.8 Å². The van der Waals surface area contributed by atoms with E-state index in [4.69, 9.17) is 22.1 Å². The van der Waals surface area contributed by atoms with Crippen LogP contribution in [0.25, 0.3) is 0 Å². The highest BCUT2D eigenvalue weighted by Crippen LogP contribution is 2.39. The zero-order valence-electron chi connectivity index (χ0n) is 20.5. The molecule has 0 amide bonds. The number of benzene rings is 2. The quantitative estimate of drug-likeness (QED) is 0.225. The Balaban J connectivity index is 1.87. The molecule has 184 valence electrons. The summed E-state index contributed by atoms with van der Waals surface area (Å²) in [6.07, 6.45) is 2.22. The second-order valence-corrected chi connectivity index (χ2v) is 12.1. The molecule has 2 aromatic carbocycles. The van der Waals surface area contributed by atoms with Crippen molar-refractivity contribution in [2.24, 2.45) is 0 Å². The van der Waals surface area contributed by atoms with Crippen LogP contribution in [-0.4, -0.2) is 55.9 Å². The standard InChI is InChI=1S/C25H30ClN6O2P/c1-32(2)13-9-8-10-17-14-22(34-3)21(15-19(17)27)30-25-28-16-18(26)24(31-25)29-20-11-6-7-12-23(20)35(4,5)33/h6-7,11-12,14-16H,9,13,27H2,1-5H3,(H2,28,29,30,31). The van der Waals surface area contributed by atoms with Crippen LogP contribution in [0.2, 0.25) is 5.02 Å². The number of rotatable bonds is 8. The zero-order valence-corrected chi connectivity index (χ0v) is 22.2. The minimum Gasteiger partial charge on any atom is -0.495 e. The third-order valence-electron chi connectivity index (χ3n) is 5.01. The summed E-state index contributed by atoms with van der Waals surface area (Å²) in [4.78, 5) is 10.9. The Morgan fingerprint density at radius 1 is 1.17 bits per heavy atom. The van der Waals surface area contributed by atoms with Crippen molar-refractivity contribution >= 4 is 52.9 Å². The number of nitrogens with two attached hydrogens (primary N) is 1. The van der Waals surface area contributed by atoms with E-state index in [9.17, 15) is 4.57 Å². The average molecular weight is 513 g/mol. The topological polar surface area (TPSA) is 105 Å². The van der Waals surface area contributed by atoms with E-state index < -0.39 is 7.14 Å². The van der Waals surface area contributed by atoms with Crippen molar-refractivity contribution in [1.82, 2.24) is 14.9 Å². The highest BCUT2D eigenvalue weighted by Gasteiger charge is 2.17. The van der Waals surface area contributed by atoms with Crippen LogP contribution in [-0.2, 0) is 4.57 Å². The molecular formula is C25H30ClN6O2P. The zero-order chi connectivity index (χ0) is 25.6. The maximum Gasteiger partial charge on any atom is 0.229 e. The van der Waals surface area contributed by atoms with Crippen LogP contribution < -0.4 is 26.4 Å². The molecule has 0 radical (unpaired) electrons. The number of halogens is 1. The molecule has 35 heavy (non-hydrogen) atoms. The Morgan fingerprint density at radius 3 is 2.60 bits per heavy atom. The van der Waals surface area contributed by atoms with Crippen LogP contribution in [0.1, 0.15) is 12.0 Å². The average Bonchev–Trinajstić information content (AvgIpc) is 2.79. The van der Waals surface area contributed by atoms with Crippen molar-refractivity contribution in [3.05, 3.63) is 53.2 Å². The van der Waals surface area contributed by atoms with Gasteiger partial charge in [0.2, 0.25) is 5.95 Å². The fraction of sp³-hybridized carbons (Fsp3) is 0.280. The van der Waals surface area contributed by atoms with Gasteiger partial charge in [0.1, 0.15) is 17.9 Å². The molecule has 0 spiro atoms. The molecule has 1 aromatic heterocycles. The SMILES string of the molecule is COc1cc(C#CCCN(C)C)c(N)cc1Nc1ncc(Cl)c(Nc2ccccc2P(C)(C)=O)n1. The van der Waals surface area contributed by atoms with Crippen LogP contribution >= 0.6 is 18.7 Å². The molecule has 0 unspecified atom stereocenters. The van der Waals surface area contributed by atoms with E-state index >= 15 is 0 Å². The van der Waals surface area contributed by atoms with Gasteiger partial charge in [0.15, 0.2) is 5.82 Å². The van der Waals surface area contributed by atoms with Crippen molar-refractivity contribution in [1.29, 1.82) is 0 Å². The number of nitrogens with zero attached hydrogens (tertiary/aromatic N) is 3. The summed E-state index contributed by atoms with van der Waals surface area (Å²) in [5, 5.41) is 7.35. The molecule has 0 saturated heterocycles. The first-order valence-corrected chi connectivity index (χ1v) is 13.9. The summed E-state index contributed by atoms with van der Waals surface area (Å²) >= 11 is 6.35. The lowest BCUT2D eigenvalue weighted by Gasteiger charge is -2.16. The minimum atomic E-state index is -2.52. The van der Waals surface area contributed by atoms with Gasteiger partial charge in [-0.2, -0.15) is 4.98 Å². The summed E-state index contributed by atoms with van der Waals surface area (Å²) in [5.41, 5.74) is 8.70. The largest absolute Gasteiger partial charge is 0.495 e. The first kappa shape index (κ1) is 26.4. The second kappa shape index (κ2) is 11.5. The van der Waals surface area contributed by atoms with Crippen LogP contribution in [0.4, 0.5) is 28.8 Å². The van der Waals surface area contributed by atoms with E-state index in [1.807, 2.05) is 38.4 Å². The first-order chi connectivity index (χ1) is 16.6. The number of nitrogen functional groups attached to an aromatic ring is 1. The van der Waals surface area contributed by atoms with Gasteiger partial charge < -0.3 is 30.6 Å². The van der Waals surface area contributed by atoms with Crippen molar-refractivity contribution in [3.63, 3.8) is 0 Å². The second-order valence-electron chi connectivity index (χ2n) is 8.50. The minimum absolute atomic E-state index is 0.285. The van der Waals surface area contributed by atoms with Crippen LogP contribution in [0.5, 0.6) is 5.75 Å². The lowest BCUT2D eigenvalue weighted by Crippen LogP contribution is -2.11. The Bertz CT molecular complexity index is 1310. The Kier molecular flexibility index (Phi) is 8.63. The maximum atomic E-state index is 12.7. The molecule has 8 nitrogen and oxygen atoms in total. The number of para-hydroxylation sites is 1. The maximum absolute atomic E-state index is 12.7. The van der Waals surface area contributed by atoms with Gasteiger partial charge in [0, 0.05) is 30.0 Å². The van der Waals surface area contributed by atoms with Crippen molar-refractivity contribution in [3.8, 4) is 17.6 Å². The first-order valence-electron chi connectivity index (χ1n) is 10.9. The molecule has 1 heterocycles. The van der Waals surface area contributed by atoms with E-state index in [1.54, 1.807) is 32.6 Å². The van der Waals surface area contributed by atoms with Crippen LogP contribution in [0.15, 0.2) is 42.6 Å². The number of anilines is 5. The van der Waals surface area contributed by atoms with Crippen molar-refractivity contribution < 1.29 is 9.30 Å². The molecule has 0 saturated carbocycles. The molecule has 0 aliphatic rings. The summed E-state index contributed by atoms with van der Waals surface area (Å²) in [7, 11) is 3.06. The molecular weight excluding hydrogens is 483 g/mol. The van der Waals surface area contributed by atoms with Crippen molar-refractivity contribution in [2.75, 3.05) is 57.4 Å². The molecule has 10 heteroatoms. The number of methoxy groups -OCH3 is 1. The third kappa shape index (κ3) is 7.12. The molecule has 0 aliphatic carbocycles. The lowest BCUT2D eigenvalue weighted by atomic mass is 10.1. The fourth-order valence-corrected chi connectivity index (χ4v) is 4.51. The summed E-state index contributed by atoms with van der Waals surface area (Å²) in [6, 6.07) is 10.9. The summed E-state index contributed by atoms with van der Waals surface area (Å²) in [5.74, 6) is 7.44. The smallest absolute Gasteiger partial charge is 0.229 e. The molecule has 0 bridgehead atoms. The summed E-state index contributed by atoms with van der Waals surface area (Å²) in [6.45, 7) is 4.30. The molecule has 0 aliphatic heterocycles. The Labute approximate surface area is 211 Å². The summed E-state index contributed by atoms with van der Waals surface area (Å²) < 4.78 is 18.2. The number of nitrogens with one attached hydrogen (secondary N) is 2. The van der Waals surface area contributed by atoms with E-state index in [0.29, 0.717) is 44.5 Å². The molecule has 3 rings (SSSR count). The van der Waals surface area contributed by atoms with Gasteiger partial charge >= 0.3 is 0 Å². The normalized spacial score (nSPS) is 11.1. The van der Waals surface area contributed by atoms with Gasteiger partial charge in [0.05, 0.1) is 30.2 Å². The van der Waals surface area contributed by atoms with Gasteiger partial charge in [-0.15, -0.1) is 0 Å². The number of ether oxygens (including phenoxy) is 1. The van der Waals surface area contributed by atoms with E-state index in [-0.39, 0.29) is 5.95 Å². The Hall–Kier alpha value is -3.24. The van der Waals surface area contributed by atoms with Gasteiger partial charge in [0.25, 0.3) is 0 Å². The molecule has 0 atom stereocenters. The number of aromatic nitrogens is 2. The Morgan fingerprint density at radius 2 is 1.91 bits per heavy atom.